The highest BCUT2D eigenvalue weighted by Gasteiger charge is 2.35. The van der Waals surface area contributed by atoms with Gasteiger partial charge in [0.15, 0.2) is 0 Å². The summed E-state index contributed by atoms with van der Waals surface area (Å²) in [5.41, 5.74) is -1.25. The molecule has 0 aromatic heterocycles. The summed E-state index contributed by atoms with van der Waals surface area (Å²) in [7, 11) is 1.58. The van der Waals surface area contributed by atoms with E-state index in [4.69, 9.17) is 5.11 Å². The number of aromatic carboxylic acids is 1. The summed E-state index contributed by atoms with van der Waals surface area (Å²) in [6.07, 6.45) is -1.85. The highest BCUT2D eigenvalue weighted by Crippen LogP contribution is 2.37. The molecular formula is C14H18F3NO2. The predicted octanol–water partition coefficient (Wildman–Crippen LogP) is 4.03. The van der Waals surface area contributed by atoms with E-state index in [0.717, 1.165) is 19.3 Å². The van der Waals surface area contributed by atoms with Crippen LogP contribution in [0.25, 0.3) is 0 Å². The molecular weight excluding hydrogens is 271 g/mol. The summed E-state index contributed by atoms with van der Waals surface area (Å²) < 4.78 is 39.1. The Kier molecular flexibility index (Phi) is 5.42. The zero-order valence-electron chi connectivity index (χ0n) is 11.5. The van der Waals surface area contributed by atoms with Gasteiger partial charge in [-0.2, -0.15) is 13.2 Å². The van der Waals surface area contributed by atoms with E-state index in [1.807, 2.05) is 6.92 Å². The Morgan fingerprint density at radius 1 is 1.30 bits per heavy atom. The van der Waals surface area contributed by atoms with Crippen molar-refractivity contribution in [3.8, 4) is 0 Å². The third kappa shape index (κ3) is 4.15. The van der Waals surface area contributed by atoms with Crippen LogP contribution in [0.3, 0.4) is 0 Å². The van der Waals surface area contributed by atoms with Crippen LogP contribution in [0.5, 0.6) is 0 Å². The molecule has 0 aliphatic rings. The predicted molar refractivity (Wildman–Crippen MR) is 71.2 cm³/mol. The van der Waals surface area contributed by atoms with Gasteiger partial charge in [-0.1, -0.05) is 19.8 Å². The minimum atomic E-state index is -4.57. The standard InChI is InChI=1S/C14H18F3NO2/c1-3-4-5-8-18(2)12-7-6-10(13(19)20)9-11(12)14(15,16)17/h6-7,9H,3-5,8H2,1-2H3,(H,19,20). The highest BCUT2D eigenvalue weighted by atomic mass is 19.4. The molecule has 0 amide bonds. The monoisotopic (exact) mass is 289 g/mol. The first-order chi connectivity index (χ1) is 9.27. The molecule has 0 atom stereocenters. The van der Waals surface area contributed by atoms with Crippen molar-refractivity contribution in [2.24, 2.45) is 0 Å². The molecule has 1 rings (SSSR count). The fraction of sp³-hybridized carbons (Fsp3) is 0.500. The van der Waals surface area contributed by atoms with Gasteiger partial charge in [0.2, 0.25) is 0 Å². The summed E-state index contributed by atoms with van der Waals surface area (Å²) >= 11 is 0. The fourth-order valence-corrected chi connectivity index (χ4v) is 1.95. The first kappa shape index (κ1) is 16.3. The van der Waals surface area contributed by atoms with Crippen molar-refractivity contribution in [2.75, 3.05) is 18.5 Å². The van der Waals surface area contributed by atoms with E-state index in [2.05, 4.69) is 0 Å². The number of hydrogen-bond donors (Lipinski definition) is 1. The van der Waals surface area contributed by atoms with Gasteiger partial charge in [0, 0.05) is 19.3 Å². The van der Waals surface area contributed by atoms with Gasteiger partial charge in [0.1, 0.15) is 0 Å². The van der Waals surface area contributed by atoms with Gasteiger partial charge in [-0.25, -0.2) is 4.79 Å². The Hall–Kier alpha value is -1.72. The summed E-state index contributed by atoms with van der Waals surface area (Å²) in [6.45, 7) is 2.52. The van der Waals surface area contributed by atoms with Crippen molar-refractivity contribution in [1.82, 2.24) is 0 Å². The lowest BCUT2D eigenvalue weighted by molar-refractivity contribution is -0.137. The summed E-state index contributed by atoms with van der Waals surface area (Å²) in [4.78, 5) is 12.3. The van der Waals surface area contributed by atoms with Gasteiger partial charge < -0.3 is 10.0 Å². The number of nitrogens with zero attached hydrogens (tertiary/aromatic N) is 1. The summed E-state index contributed by atoms with van der Waals surface area (Å²) in [6, 6.07) is 3.11. The Bertz CT molecular complexity index is 472. The molecule has 0 saturated carbocycles. The topological polar surface area (TPSA) is 40.5 Å². The second-order valence-electron chi connectivity index (χ2n) is 4.66. The number of alkyl halides is 3. The summed E-state index contributed by atoms with van der Waals surface area (Å²) in [5.74, 6) is -1.37. The van der Waals surface area contributed by atoms with Crippen LogP contribution >= 0.6 is 0 Å². The van der Waals surface area contributed by atoms with Gasteiger partial charge in [-0.05, 0) is 24.6 Å². The Morgan fingerprint density at radius 3 is 2.45 bits per heavy atom. The molecule has 0 bridgehead atoms. The number of carboxylic acids is 1. The number of anilines is 1. The van der Waals surface area contributed by atoms with E-state index in [0.29, 0.717) is 12.6 Å². The minimum absolute atomic E-state index is 0.0126. The first-order valence-corrected chi connectivity index (χ1v) is 6.43. The molecule has 0 saturated heterocycles. The number of carboxylic acid groups (broad SMARTS) is 1. The molecule has 112 valence electrons. The van der Waals surface area contributed by atoms with Gasteiger partial charge in [-0.3, -0.25) is 0 Å². The van der Waals surface area contributed by atoms with Crippen molar-refractivity contribution in [3.05, 3.63) is 29.3 Å². The van der Waals surface area contributed by atoms with Crippen LogP contribution in [0.4, 0.5) is 18.9 Å². The second kappa shape index (κ2) is 6.63. The van der Waals surface area contributed by atoms with Crippen LogP contribution in [-0.4, -0.2) is 24.7 Å². The number of unbranched alkanes of at least 4 members (excludes halogenated alkanes) is 2. The van der Waals surface area contributed by atoms with Gasteiger partial charge in [-0.15, -0.1) is 0 Å². The molecule has 1 N–H and O–H groups in total. The average Bonchev–Trinajstić information content (AvgIpc) is 2.37. The van der Waals surface area contributed by atoms with Gasteiger partial charge >= 0.3 is 12.1 Å². The third-order valence-corrected chi connectivity index (χ3v) is 3.06. The Balaban J connectivity index is 3.08. The lowest BCUT2D eigenvalue weighted by Gasteiger charge is -2.23. The van der Waals surface area contributed by atoms with Gasteiger partial charge in [0.25, 0.3) is 0 Å². The molecule has 0 unspecified atom stereocenters. The lowest BCUT2D eigenvalue weighted by Crippen LogP contribution is -2.23. The van der Waals surface area contributed by atoms with Crippen LogP contribution in [0, 0.1) is 0 Å². The van der Waals surface area contributed by atoms with Crippen LogP contribution in [0.2, 0.25) is 0 Å². The Labute approximate surface area is 116 Å². The van der Waals surface area contributed by atoms with Crippen LogP contribution in [0.15, 0.2) is 18.2 Å². The van der Waals surface area contributed by atoms with Crippen LogP contribution in [-0.2, 0) is 6.18 Å². The van der Waals surface area contributed by atoms with Crippen molar-refractivity contribution in [1.29, 1.82) is 0 Å². The second-order valence-corrected chi connectivity index (χ2v) is 4.66. The lowest BCUT2D eigenvalue weighted by atomic mass is 10.1. The molecule has 0 fully saturated rings. The SMILES string of the molecule is CCCCCN(C)c1ccc(C(=O)O)cc1C(F)(F)F. The average molecular weight is 289 g/mol. The van der Waals surface area contributed by atoms with Crippen molar-refractivity contribution < 1.29 is 23.1 Å². The normalized spacial score (nSPS) is 11.4. The Morgan fingerprint density at radius 2 is 1.95 bits per heavy atom. The molecule has 6 heteroatoms. The maximum atomic E-state index is 13.0. The molecule has 1 aromatic rings. The van der Waals surface area contributed by atoms with Crippen molar-refractivity contribution >= 4 is 11.7 Å². The van der Waals surface area contributed by atoms with Crippen LogP contribution < -0.4 is 4.90 Å². The van der Waals surface area contributed by atoms with Crippen molar-refractivity contribution in [2.45, 2.75) is 32.4 Å². The quantitative estimate of drug-likeness (QED) is 0.804. The highest BCUT2D eigenvalue weighted by molar-refractivity contribution is 5.88. The van der Waals surface area contributed by atoms with Crippen molar-refractivity contribution in [3.63, 3.8) is 0 Å². The fourth-order valence-electron chi connectivity index (χ4n) is 1.95. The number of hydrogen-bond acceptors (Lipinski definition) is 2. The first-order valence-electron chi connectivity index (χ1n) is 6.43. The number of rotatable bonds is 6. The minimum Gasteiger partial charge on any atom is -0.478 e. The maximum Gasteiger partial charge on any atom is 0.418 e. The van der Waals surface area contributed by atoms with E-state index >= 15 is 0 Å². The summed E-state index contributed by atoms with van der Waals surface area (Å²) in [5, 5.41) is 8.80. The number of halogens is 3. The maximum absolute atomic E-state index is 13.0. The molecule has 0 aliphatic heterocycles. The molecule has 0 spiro atoms. The molecule has 1 aromatic carbocycles. The van der Waals surface area contributed by atoms with E-state index < -0.39 is 17.7 Å². The molecule has 0 radical (unpaired) electrons. The number of benzene rings is 1. The smallest absolute Gasteiger partial charge is 0.418 e. The van der Waals surface area contributed by atoms with Gasteiger partial charge in [0.05, 0.1) is 11.1 Å². The van der Waals surface area contributed by atoms with E-state index in [-0.39, 0.29) is 11.3 Å². The molecule has 0 heterocycles. The van der Waals surface area contributed by atoms with E-state index in [1.54, 1.807) is 7.05 Å². The van der Waals surface area contributed by atoms with Crippen LogP contribution in [0.1, 0.15) is 42.1 Å². The zero-order valence-corrected chi connectivity index (χ0v) is 11.5. The largest absolute Gasteiger partial charge is 0.478 e. The third-order valence-electron chi connectivity index (χ3n) is 3.06. The molecule has 20 heavy (non-hydrogen) atoms. The zero-order chi connectivity index (χ0) is 15.3. The van der Waals surface area contributed by atoms with E-state index in [1.165, 1.54) is 17.0 Å². The molecule has 3 nitrogen and oxygen atoms in total. The number of carbonyl (C=O) groups is 1. The molecule has 0 aliphatic carbocycles. The van der Waals surface area contributed by atoms with E-state index in [9.17, 15) is 18.0 Å².